The molecular formula is C6H8FN. The summed E-state index contributed by atoms with van der Waals surface area (Å²) in [6.45, 7) is 0. The highest BCUT2D eigenvalue weighted by Crippen LogP contribution is 2.04. The highest BCUT2D eigenvalue weighted by molar-refractivity contribution is 5.17. The first-order valence-corrected chi connectivity index (χ1v) is 2.55. The van der Waals surface area contributed by atoms with Crippen molar-refractivity contribution in [2.75, 3.05) is 0 Å². The zero-order chi connectivity index (χ0) is 5.98. The van der Waals surface area contributed by atoms with Crippen LogP contribution >= 0.6 is 0 Å². The van der Waals surface area contributed by atoms with E-state index in [0.717, 1.165) is 0 Å². The monoisotopic (exact) mass is 113 g/mol. The first-order valence-electron chi connectivity index (χ1n) is 2.55. The minimum Gasteiger partial charge on any atom is -0.322 e. The van der Waals surface area contributed by atoms with E-state index in [4.69, 9.17) is 5.73 Å². The van der Waals surface area contributed by atoms with Crippen LogP contribution in [0.3, 0.4) is 0 Å². The Morgan fingerprint density at radius 2 is 1.88 bits per heavy atom. The predicted molar refractivity (Wildman–Crippen MR) is 31.2 cm³/mol. The summed E-state index contributed by atoms with van der Waals surface area (Å²) in [7, 11) is 0. The maximum atomic E-state index is 12.3. The molecule has 1 aliphatic carbocycles. The standard InChI is InChI=1S/C6H8FN/c7-5-3-1-2-4-6(5)8/h1-6H,8H2. The molecule has 44 valence electrons. The van der Waals surface area contributed by atoms with E-state index < -0.39 is 12.2 Å². The molecule has 0 bridgehead atoms. The number of nitrogens with two attached hydrogens (primary N) is 1. The van der Waals surface area contributed by atoms with Crippen LogP contribution in [0.1, 0.15) is 0 Å². The molecule has 0 heterocycles. The molecule has 2 atom stereocenters. The predicted octanol–water partition coefficient (Wildman–Crippen LogP) is 0.778. The topological polar surface area (TPSA) is 26.0 Å². The zero-order valence-corrected chi connectivity index (χ0v) is 4.42. The van der Waals surface area contributed by atoms with Crippen molar-refractivity contribution in [1.82, 2.24) is 0 Å². The normalized spacial score (nSPS) is 35.8. The quantitative estimate of drug-likeness (QED) is 0.493. The van der Waals surface area contributed by atoms with Crippen molar-refractivity contribution < 1.29 is 4.39 Å². The van der Waals surface area contributed by atoms with E-state index >= 15 is 0 Å². The fraction of sp³-hybridized carbons (Fsp3) is 0.333. The molecular weight excluding hydrogens is 105 g/mol. The van der Waals surface area contributed by atoms with Crippen LogP contribution in [0, 0.1) is 0 Å². The van der Waals surface area contributed by atoms with Crippen LogP contribution in [0.25, 0.3) is 0 Å². The van der Waals surface area contributed by atoms with Crippen LogP contribution in [0.5, 0.6) is 0 Å². The fourth-order valence-corrected chi connectivity index (χ4v) is 0.597. The van der Waals surface area contributed by atoms with Gasteiger partial charge in [-0.3, -0.25) is 0 Å². The van der Waals surface area contributed by atoms with E-state index in [0.29, 0.717) is 0 Å². The third-order valence-electron chi connectivity index (χ3n) is 1.11. The lowest BCUT2D eigenvalue weighted by molar-refractivity contribution is 0.368. The Morgan fingerprint density at radius 3 is 2.25 bits per heavy atom. The zero-order valence-electron chi connectivity index (χ0n) is 4.42. The van der Waals surface area contributed by atoms with Crippen LogP contribution in [-0.4, -0.2) is 12.2 Å². The van der Waals surface area contributed by atoms with Crippen molar-refractivity contribution in [3.8, 4) is 0 Å². The Kier molecular flexibility index (Phi) is 1.44. The summed E-state index contributed by atoms with van der Waals surface area (Å²) in [5, 5.41) is 0. The highest BCUT2D eigenvalue weighted by Gasteiger charge is 2.10. The molecule has 1 aliphatic rings. The van der Waals surface area contributed by atoms with Gasteiger partial charge in [-0.1, -0.05) is 18.2 Å². The third kappa shape index (κ3) is 0.954. The Hall–Kier alpha value is -0.630. The molecule has 0 saturated carbocycles. The molecule has 0 amide bonds. The van der Waals surface area contributed by atoms with E-state index in [1.807, 2.05) is 0 Å². The van der Waals surface area contributed by atoms with Crippen LogP contribution in [0.4, 0.5) is 4.39 Å². The van der Waals surface area contributed by atoms with E-state index in [2.05, 4.69) is 0 Å². The summed E-state index contributed by atoms with van der Waals surface area (Å²) < 4.78 is 12.3. The van der Waals surface area contributed by atoms with Gasteiger partial charge in [0, 0.05) is 0 Å². The van der Waals surface area contributed by atoms with Gasteiger partial charge in [-0.25, -0.2) is 4.39 Å². The van der Waals surface area contributed by atoms with Crippen LogP contribution in [-0.2, 0) is 0 Å². The van der Waals surface area contributed by atoms with Crippen molar-refractivity contribution in [3.05, 3.63) is 24.3 Å². The van der Waals surface area contributed by atoms with Crippen molar-refractivity contribution in [2.24, 2.45) is 5.73 Å². The fourth-order valence-electron chi connectivity index (χ4n) is 0.597. The maximum Gasteiger partial charge on any atom is 0.137 e. The van der Waals surface area contributed by atoms with Gasteiger partial charge in [0.25, 0.3) is 0 Å². The van der Waals surface area contributed by atoms with Crippen LogP contribution in [0.15, 0.2) is 24.3 Å². The summed E-state index contributed by atoms with van der Waals surface area (Å²) in [6, 6.07) is -0.431. The number of halogens is 1. The Labute approximate surface area is 47.7 Å². The molecule has 8 heavy (non-hydrogen) atoms. The maximum absolute atomic E-state index is 12.3. The van der Waals surface area contributed by atoms with Gasteiger partial charge in [-0.15, -0.1) is 0 Å². The van der Waals surface area contributed by atoms with Crippen molar-refractivity contribution >= 4 is 0 Å². The summed E-state index contributed by atoms with van der Waals surface area (Å²) in [5.74, 6) is 0. The minimum atomic E-state index is -0.986. The summed E-state index contributed by atoms with van der Waals surface area (Å²) in [6.07, 6.45) is 5.52. The lowest BCUT2D eigenvalue weighted by Gasteiger charge is -2.10. The second-order valence-electron chi connectivity index (χ2n) is 1.79. The lowest BCUT2D eigenvalue weighted by atomic mass is 10.1. The molecule has 0 aliphatic heterocycles. The van der Waals surface area contributed by atoms with Gasteiger partial charge in [0.2, 0.25) is 0 Å². The molecule has 0 radical (unpaired) electrons. The molecule has 2 N–H and O–H groups in total. The van der Waals surface area contributed by atoms with E-state index in [-0.39, 0.29) is 0 Å². The van der Waals surface area contributed by atoms with Gasteiger partial charge in [0.05, 0.1) is 6.04 Å². The molecule has 0 spiro atoms. The van der Waals surface area contributed by atoms with E-state index in [1.54, 1.807) is 18.2 Å². The SMILES string of the molecule is NC1C=CC=CC1F. The average molecular weight is 113 g/mol. The molecule has 2 heteroatoms. The van der Waals surface area contributed by atoms with Crippen LogP contribution in [0.2, 0.25) is 0 Å². The summed E-state index contributed by atoms with van der Waals surface area (Å²) in [5.41, 5.74) is 5.27. The van der Waals surface area contributed by atoms with Gasteiger partial charge in [0.15, 0.2) is 0 Å². The molecule has 1 nitrogen and oxygen atoms in total. The van der Waals surface area contributed by atoms with Gasteiger partial charge >= 0.3 is 0 Å². The minimum absolute atomic E-state index is 0.431. The van der Waals surface area contributed by atoms with Crippen molar-refractivity contribution in [3.63, 3.8) is 0 Å². The largest absolute Gasteiger partial charge is 0.322 e. The summed E-state index contributed by atoms with van der Waals surface area (Å²) in [4.78, 5) is 0. The number of hydrogen-bond acceptors (Lipinski definition) is 1. The molecule has 0 aromatic heterocycles. The first kappa shape index (κ1) is 5.51. The summed E-state index contributed by atoms with van der Waals surface area (Å²) >= 11 is 0. The van der Waals surface area contributed by atoms with Gasteiger partial charge in [0.1, 0.15) is 6.17 Å². The number of allylic oxidation sites excluding steroid dienone is 2. The molecule has 0 saturated heterocycles. The van der Waals surface area contributed by atoms with Gasteiger partial charge in [-0.2, -0.15) is 0 Å². The van der Waals surface area contributed by atoms with Crippen molar-refractivity contribution in [1.29, 1.82) is 0 Å². The number of hydrogen-bond donors (Lipinski definition) is 1. The Morgan fingerprint density at radius 1 is 1.25 bits per heavy atom. The molecule has 0 aromatic carbocycles. The Balaban J connectivity index is 2.59. The number of rotatable bonds is 0. The van der Waals surface area contributed by atoms with Crippen LogP contribution < -0.4 is 5.73 Å². The smallest absolute Gasteiger partial charge is 0.137 e. The van der Waals surface area contributed by atoms with E-state index in [9.17, 15) is 4.39 Å². The second kappa shape index (κ2) is 2.09. The van der Waals surface area contributed by atoms with E-state index in [1.165, 1.54) is 6.08 Å². The van der Waals surface area contributed by atoms with Gasteiger partial charge in [-0.05, 0) is 6.08 Å². The first-order chi connectivity index (χ1) is 3.80. The number of alkyl halides is 1. The van der Waals surface area contributed by atoms with Crippen molar-refractivity contribution in [2.45, 2.75) is 12.2 Å². The lowest BCUT2D eigenvalue weighted by Crippen LogP contribution is -2.28. The molecule has 0 fully saturated rings. The Bertz CT molecular complexity index is 112. The average Bonchev–Trinajstić information content (AvgIpc) is 1.77. The molecule has 0 aromatic rings. The molecule has 1 rings (SSSR count). The highest BCUT2D eigenvalue weighted by atomic mass is 19.1. The molecule has 2 unspecified atom stereocenters. The second-order valence-corrected chi connectivity index (χ2v) is 1.79. The third-order valence-corrected chi connectivity index (χ3v) is 1.11. The van der Waals surface area contributed by atoms with Gasteiger partial charge < -0.3 is 5.73 Å².